The molecule has 2 unspecified atom stereocenters. The van der Waals surface area contributed by atoms with Crippen molar-refractivity contribution >= 4 is 11.8 Å². The molecule has 1 N–H and O–H groups in total. The van der Waals surface area contributed by atoms with Crippen LogP contribution in [0.25, 0.3) is 0 Å². The number of nitrogens with zero attached hydrogens (tertiary/aromatic N) is 1. The molecule has 0 aromatic heterocycles. The number of rotatable bonds is 5. The van der Waals surface area contributed by atoms with Gasteiger partial charge in [-0.15, -0.1) is 0 Å². The first-order valence-electron chi connectivity index (χ1n) is 6.50. The summed E-state index contributed by atoms with van der Waals surface area (Å²) in [6, 6.07) is 0.403. The van der Waals surface area contributed by atoms with Crippen molar-refractivity contribution < 1.29 is 13.2 Å². The van der Waals surface area contributed by atoms with Crippen LogP contribution in [-0.2, 0) is 0 Å². The number of alkyl halides is 3. The zero-order valence-electron chi connectivity index (χ0n) is 11.3. The first-order chi connectivity index (χ1) is 8.30. The third kappa shape index (κ3) is 4.63. The summed E-state index contributed by atoms with van der Waals surface area (Å²) in [7, 11) is 0. The Morgan fingerprint density at radius 2 is 2.06 bits per heavy atom. The normalized spacial score (nSPS) is 30.7. The van der Waals surface area contributed by atoms with E-state index in [2.05, 4.69) is 31.0 Å². The SMILES string of the molecule is CCC1CN(CCSC(F)(F)F)C(C)(CC)CN1. The molecule has 2 atom stereocenters. The smallest absolute Gasteiger partial charge is 0.311 e. The van der Waals surface area contributed by atoms with Gasteiger partial charge in [0.1, 0.15) is 0 Å². The molecule has 1 heterocycles. The quantitative estimate of drug-likeness (QED) is 0.835. The van der Waals surface area contributed by atoms with Gasteiger partial charge in [0.05, 0.1) is 0 Å². The lowest BCUT2D eigenvalue weighted by atomic mass is 9.91. The van der Waals surface area contributed by atoms with Gasteiger partial charge >= 0.3 is 5.51 Å². The van der Waals surface area contributed by atoms with E-state index in [-0.39, 0.29) is 23.1 Å². The number of piperazine rings is 1. The van der Waals surface area contributed by atoms with Crippen LogP contribution in [-0.4, -0.2) is 47.4 Å². The Balaban J connectivity index is 2.51. The minimum atomic E-state index is -4.11. The van der Waals surface area contributed by atoms with Gasteiger partial charge in [-0.2, -0.15) is 13.2 Å². The first-order valence-corrected chi connectivity index (χ1v) is 7.48. The molecule has 0 aliphatic carbocycles. The molecule has 0 bridgehead atoms. The molecule has 0 aromatic carbocycles. The minimum absolute atomic E-state index is 0.0160. The molecule has 0 spiro atoms. The zero-order chi connectivity index (χ0) is 13.8. The Labute approximate surface area is 112 Å². The van der Waals surface area contributed by atoms with Crippen molar-refractivity contribution in [2.45, 2.75) is 50.7 Å². The van der Waals surface area contributed by atoms with Crippen LogP contribution in [0, 0.1) is 0 Å². The predicted molar refractivity (Wildman–Crippen MR) is 70.9 cm³/mol. The summed E-state index contributed by atoms with van der Waals surface area (Å²) in [4.78, 5) is 2.22. The molecule has 6 heteroatoms. The summed E-state index contributed by atoms with van der Waals surface area (Å²) < 4.78 is 36.5. The fraction of sp³-hybridized carbons (Fsp3) is 1.00. The lowest BCUT2D eigenvalue weighted by Crippen LogP contribution is -2.63. The highest BCUT2D eigenvalue weighted by molar-refractivity contribution is 8.00. The molecule has 0 radical (unpaired) electrons. The lowest BCUT2D eigenvalue weighted by molar-refractivity contribution is -0.0331. The van der Waals surface area contributed by atoms with Crippen molar-refractivity contribution in [3.8, 4) is 0 Å². The molecule has 1 saturated heterocycles. The minimum Gasteiger partial charge on any atom is -0.311 e. The molecule has 0 saturated carbocycles. The Bertz CT molecular complexity index is 260. The van der Waals surface area contributed by atoms with E-state index >= 15 is 0 Å². The Morgan fingerprint density at radius 3 is 2.56 bits per heavy atom. The van der Waals surface area contributed by atoms with Crippen LogP contribution >= 0.6 is 11.8 Å². The van der Waals surface area contributed by atoms with Gasteiger partial charge in [0.25, 0.3) is 0 Å². The van der Waals surface area contributed by atoms with Gasteiger partial charge in [0.2, 0.25) is 0 Å². The van der Waals surface area contributed by atoms with E-state index in [1.807, 2.05) is 0 Å². The van der Waals surface area contributed by atoms with E-state index in [0.29, 0.717) is 12.6 Å². The van der Waals surface area contributed by atoms with Gasteiger partial charge in [-0.05, 0) is 31.5 Å². The summed E-state index contributed by atoms with van der Waals surface area (Å²) >= 11 is 0.0852. The van der Waals surface area contributed by atoms with E-state index < -0.39 is 5.51 Å². The highest BCUT2D eigenvalue weighted by atomic mass is 32.2. The maximum Gasteiger partial charge on any atom is 0.441 e. The van der Waals surface area contributed by atoms with E-state index in [4.69, 9.17) is 0 Å². The van der Waals surface area contributed by atoms with E-state index in [1.165, 1.54) is 0 Å². The van der Waals surface area contributed by atoms with Crippen LogP contribution in [0.4, 0.5) is 13.2 Å². The van der Waals surface area contributed by atoms with Gasteiger partial charge in [0.15, 0.2) is 0 Å². The van der Waals surface area contributed by atoms with Crippen molar-refractivity contribution in [2.24, 2.45) is 0 Å². The van der Waals surface area contributed by atoms with Crippen LogP contribution in [0.5, 0.6) is 0 Å². The standard InChI is InChI=1S/C12H23F3N2S/c1-4-10-8-17(6-7-18-12(13,14)15)11(3,5-2)9-16-10/h10,16H,4-9H2,1-3H3. The largest absolute Gasteiger partial charge is 0.441 e. The van der Waals surface area contributed by atoms with Crippen LogP contribution in [0.1, 0.15) is 33.6 Å². The Morgan fingerprint density at radius 1 is 1.39 bits per heavy atom. The Kier molecular flexibility index (Phi) is 5.80. The maximum atomic E-state index is 12.2. The number of nitrogens with one attached hydrogen (secondary N) is 1. The second-order valence-corrected chi connectivity index (χ2v) is 6.24. The molecule has 1 fully saturated rings. The van der Waals surface area contributed by atoms with Gasteiger partial charge in [-0.25, -0.2) is 0 Å². The third-order valence-electron chi connectivity index (χ3n) is 3.86. The number of hydrogen-bond donors (Lipinski definition) is 1. The van der Waals surface area contributed by atoms with Crippen molar-refractivity contribution in [2.75, 3.05) is 25.4 Å². The molecule has 108 valence electrons. The summed E-state index contributed by atoms with van der Waals surface area (Å²) in [5.74, 6) is 0.121. The second kappa shape index (κ2) is 6.48. The van der Waals surface area contributed by atoms with Crippen LogP contribution in [0.15, 0.2) is 0 Å². The van der Waals surface area contributed by atoms with Crippen molar-refractivity contribution in [3.63, 3.8) is 0 Å². The van der Waals surface area contributed by atoms with Gasteiger partial charge in [-0.1, -0.05) is 13.8 Å². The van der Waals surface area contributed by atoms with Crippen molar-refractivity contribution in [3.05, 3.63) is 0 Å². The van der Waals surface area contributed by atoms with Crippen LogP contribution in [0.3, 0.4) is 0 Å². The summed E-state index contributed by atoms with van der Waals surface area (Å²) in [5, 5.41) is 3.48. The van der Waals surface area contributed by atoms with Gasteiger partial charge in [0, 0.05) is 37.0 Å². The van der Waals surface area contributed by atoms with Gasteiger partial charge < -0.3 is 5.32 Å². The third-order valence-corrected chi connectivity index (χ3v) is 4.57. The average Bonchev–Trinajstić information content (AvgIpc) is 2.30. The molecule has 0 aromatic rings. The highest BCUT2D eigenvalue weighted by Crippen LogP contribution is 2.31. The molecule has 1 rings (SSSR count). The molecular formula is C12H23F3N2S. The average molecular weight is 284 g/mol. The molecule has 1 aliphatic heterocycles. The second-order valence-electron chi connectivity index (χ2n) is 5.08. The fourth-order valence-electron chi connectivity index (χ4n) is 2.28. The van der Waals surface area contributed by atoms with Crippen molar-refractivity contribution in [1.29, 1.82) is 0 Å². The molecule has 0 amide bonds. The van der Waals surface area contributed by atoms with Crippen LogP contribution < -0.4 is 5.32 Å². The summed E-state index contributed by atoms with van der Waals surface area (Å²) in [6.45, 7) is 8.54. The zero-order valence-corrected chi connectivity index (χ0v) is 12.1. The van der Waals surface area contributed by atoms with E-state index in [9.17, 15) is 13.2 Å². The van der Waals surface area contributed by atoms with Crippen molar-refractivity contribution in [1.82, 2.24) is 10.2 Å². The van der Waals surface area contributed by atoms with E-state index in [0.717, 1.165) is 25.9 Å². The monoisotopic (exact) mass is 284 g/mol. The topological polar surface area (TPSA) is 15.3 Å². The first kappa shape index (κ1) is 16.1. The molecule has 1 aliphatic rings. The van der Waals surface area contributed by atoms with Gasteiger partial charge in [-0.3, -0.25) is 4.90 Å². The predicted octanol–water partition coefficient (Wildman–Crippen LogP) is 3.09. The Hall–Kier alpha value is 0.0600. The molecule has 2 nitrogen and oxygen atoms in total. The lowest BCUT2D eigenvalue weighted by Gasteiger charge is -2.48. The van der Waals surface area contributed by atoms with E-state index in [1.54, 1.807) is 0 Å². The number of hydrogen-bond acceptors (Lipinski definition) is 3. The molecular weight excluding hydrogens is 261 g/mol. The fourth-order valence-corrected chi connectivity index (χ4v) is 2.82. The summed E-state index contributed by atoms with van der Waals surface area (Å²) in [5.41, 5.74) is -4.13. The highest BCUT2D eigenvalue weighted by Gasteiger charge is 2.36. The molecule has 18 heavy (non-hydrogen) atoms. The van der Waals surface area contributed by atoms with Crippen LogP contribution in [0.2, 0.25) is 0 Å². The number of thioether (sulfide) groups is 1. The maximum absolute atomic E-state index is 12.2. The number of halogens is 3. The summed E-state index contributed by atoms with van der Waals surface area (Å²) in [6.07, 6.45) is 1.97.